The molecule has 0 spiro atoms. The van der Waals surface area contributed by atoms with Gasteiger partial charge in [-0.2, -0.15) is 0 Å². The van der Waals surface area contributed by atoms with Crippen molar-refractivity contribution in [3.63, 3.8) is 0 Å². The van der Waals surface area contributed by atoms with Crippen molar-refractivity contribution < 1.29 is 4.79 Å². The second kappa shape index (κ2) is 5.67. The van der Waals surface area contributed by atoms with Crippen LogP contribution in [-0.2, 0) is 11.2 Å². The lowest BCUT2D eigenvalue weighted by Gasteiger charge is -2.16. The van der Waals surface area contributed by atoms with Crippen LogP contribution in [-0.4, -0.2) is 18.5 Å². The van der Waals surface area contributed by atoms with Crippen molar-refractivity contribution in [3.8, 4) is 0 Å². The number of carbonyl (C=O) groups excluding carboxylic acids is 1. The average Bonchev–Trinajstić information content (AvgIpc) is 3.07. The summed E-state index contributed by atoms with van der Waals surface area (Å²) in [5.74, 6) is 0.0449. The summed E-state index contributed by atoms with van der Waals surface area (Å²) >= 11 is 1.74. The molecule has 1 amide bonds. The highest BCUT2D eigenvalue weighted by Gasteiger charge is 2.28. The van der Waals surface area contributed by atoms with Crippen LogP contribution in [0.2, 0.25) is 0 Å². The van der Waals surface area contributed by atoms with Crippen molar-refractivity contribution in [3.05, 3.63) is 52.2 Å². The maximum atomic E-state index is 12.4. The normalized spacial score (nSPS) is 18.1. The predicted molar refractivity (Wildman–Crippen MR) is 83.3 cm³/mol. The number of hydrogen-bond donors (Lipinski definition) is 2. The summed E-state index contributed by atoms with van der Waals surface area (Å²) in [5, 5.41) is 8.49. The van der Waals surface area contributed by atoms with Gasteiger partial charge >= 0.3 is 0 Å². The zero-order valence-corrected chi connectivity index (χ0v) is 12.2. The molecular weight excluding hydrogens is 268 g/mol. The van der Waals surface area contributed by atoms with E-state index in [0.717, 1.165) is 17.7 Å². The topological polar surface area (TPSA) is 41.1 Å². The summed E-state index contributed by atoms with van der Waals surface area (Å²) in [6, 6.07) is 12.4. The number of anilines is 1. The number of thiophene rings is 1. The largest absolute Gasteiger partial charge is 0.384 e. The van der Waals surface area contributed by atoms with Gasteiger partial charge in [-0.3, -0.25) is 4.79 Å². The van der Waals surface area contributed by atoms with Crippen molar-refractivity contribution >= 4 is 22.9 Å². The Balaban J connectivity index is 1.63. The Bertz CT molecular complexity index is 594. The van der Waals surface area contributed by atoms with E-state index in [1.165, 1.54) is 4.88 Å². The summed E-state index contributed by atoms with van der Waals surface area (Å²) in [4.78, 5) is 13.7. The molecule has 2 unspecified atom stereocenters. The number of benzene rings is 1. The van der Waals surface area contributed by atoms with Gasteiger partial charge in [0.25, 0.3) is 0 Å². The van der Waals surface area contributed by atoms with E-state index in [-0.39, 0.29) is 17.9 Å². The lowest BCUT2D eigenvalue weighted by molar-refractivity contribution is -0.122. The average molecular weight is 286 g/mol. The molecule has 4 heteroatoms. The molecule has 3 nitrogen and oxygen atoms in total. The molecule has 0 aliphatic carbocycles. The molecule has 0 saturated carbocycles. The van der Waals surface area contributed by atoms with E-state index < -0.39 is 0 Å². The molecule has 1 aromatic heterocycles. The van der Waals surface area contributed by atoms with Crippen molar-refractivity contribution in [2.45, 2.75) is 25.3 Å². The SMILES string of the molecule is CC(Cc1cccs1)NC(=O)C1CNc2ccccc21. The molecule has 1 aliphatic heterocycles. The molecule has 2 N–H and O–H groups in total. The van der Waals surface area contributed by atoms with E-state index in [1.54, 1.807) is 11.3 Å². The molecule has 2 heterocycles. The van der Waals surface area contributed by atoms with Gasteiger partial charge in [0.05, 0.1) is 5.92 Å². The Hall–Kier alpha value is -1.81. The van der Waals surface area contributed by atoms with Gasteiger partial charge in [-0.05, 0) is 30.0 Å². The van der Waals surface area contributed by atoms with Gasteiger partial charge in [-0.15, -0.1) is 11.3 Å². The molecular formula is C16H18N2OS. The zero-order chi connectivity index (χ0) is 13.9. The lowest BCUT2D eigenvalue weighted by Crippen LogP contribution is -2.38. The lowest BCUT2D eigenvalue weighted by atomic mass is 10.00. The van der Waals surface area contributed by atoms with E-state index in [4.69, 9.17) is 0 Å². The smallest absolute Gasteiger partial charge is 0.229 e. The summed E-state index contributed by atoms with van der Waals surface area (Å²) in [6.07, 6.45) is 0.894. The molecule has 104 valence electrons. The summed E-state index contributed by atoms with van der Waals surface area (Å²) in [7, 11) is 0. The van der Waals surface area contributed by atoms with Crippen LogP contribution in [0.1, 0.15) is 23.3 Å². The number of para-hydroxylation sites is 1. The Morgan fingerprint density at radius 2 is 2.25 bits per heavy atom. The zero-order valence-electron chi connectivity index (χ0n) is 11.4. The van der Waals surface area contributed by atoms with E-state index >= 15 is 0 Å². The molecule has 2 atom stereocenters. The number of amides is 1. The predicted octanol–water partition coefficient (Wildman–Crippen LogP) is 3.00. The van der Waals surface area contributed by atoms with E-state index in [2.05, 4.69) is 29.0 Å². The first kappa shape index (κ1) is 13.2. The fourth-order valence-corrected chi connectivity index (χ4v) is 3.48. The fraction of sp³-hybridized carbons (Fsp3) is 0.312. The molecule has 0 bridgehead atoms. The number of carbonyl (C=O) groups is 1. The Morgan fingerprint density at radius 3 is 3.05 bits per heavy atom. The van der Waals surface area contributed by atoms with Gasteiger partial charge in [-0.1, -0.05) is 24.3 Å². The van der Waals surface area contributed by atoms with E-state index in [1.807, 2.05) is 30.3 Å². The summed E-state index contributed by atoms with van der Waals surface area (Å²) < 4.78 is 0. The van der Waals surface area contributed by atoms with Gasteiger partial charge < -0.3 is 10.6 Å². The Labute approximate surface area is 123 Å². The van der Waals surface area contributed by atoms with Gasteiger partial charge in [0.15, 0.2) is 0 Å². The second-order valence-electron chi connectivity index (χ2n) is 5.21. The third kappa shape index (κ3) is 2.70. The third-order valence-electron chi connectivity index (χ3n) is 3.63. The Morgan fingerprint density at radius 1 is 1.40 bits per heavy atom. The van der Waals surface area contributed by atoms with E-state index in [0.29, 0.717) is 6.54 Å². The quantitative estimate of drug-likeness (QED) is 0.907. The maximum absolute atomic E-state index is 12.4. The Kier molecular flexibility index (Phi) is 3.74. The van der Waals surface area contributed by atoms with Crippen LogP contribution in [0.4, 0.5) is 5.69 Å². The van der Waals surface area contributed by atoms with Gasteiger partial charge in [0.2, 0.25) is 5.91 Å². The molecule has 3 rings (SSSR count). The van der Waals surface area contributed by atoms with Crippen LogP contribution in [0.15, 0.2) is 41.8 Å². The van der Waals surface area contributed by atoms with Gasteiger partial charge in [-0.25, -0.2) is 0 Å². The van der Waals surface area contributed by atoms with Gasteiger partial charge in [0.1, 0.15) is 0 Å². The minimum atomic E-state index is -0.0722. The number of fused-ring (bicyclic) bond motifs is 1. The summed E-state index contributed by atoms with van der Waals surface area (Å²) in [5.41, 5.74) is 2.19. The fourth-order valence-electron chi connectivity index (χ4n) is 2.64. The van der Waals surface area contributed by atoms with Crippen molar-refractivity contribution in [2.75, 3.05) is 11.9 Å². The van der Waals surface area contributed by atoms with Crippen molar-refractivity contribution in [1.82, 2.24) is 5.32 Å². The van der Waals surface area contributed by atoms with Crippen molar-refractivity contribution in [2.24, 2.45) is 0 Å². The highest BCUT2D eigenvalue weighted by atomic mass is 32.1. The van der Waals surface area contributed by atoms with E-state index in [9.17, 15) is 4.79 Å². The first-order valence-electron chi connectivity index (χ1n) is 6.89. The number of nitrogens with one attached hydrogen (secondary N) is 2. The molecule has 1 aromatic carbocycles. The number of hydrogen-bond acceptors (Lipinski definition) is 3. The monoisotopic (exact) mass is 286 g/mol. The minimum Gasteiger partial charge on any atom is -0.384 e. The van der Waals surface area contributed by atoms with Crippen LogP contribution in [0.5, 0.6) is 0 Å². The van der Waals surface area contributed by atoms with Crippen LogP contribution in [0.3, 0.4) is 0 Å². The molecule has 0 saturated heterocycles. The standard InChI is InChI=1S/C16H18N2OS/c1-11(9-12-5-4-8-20-12)18-16(19)14-10-17-15-7-3-2-6-13(14)15/h2-8,11,14,17H,9-10H2,1H3,(H,18,19). The first-order chi connectivity index (χ1) is 9.74. The molecule has 0 radical (unpaired) electrons. The van der Waals surface area contributed by atoms with Crippen LogP contribution in [0, 0.1) is 0 Å². The summed E-state index contributed by atoms with van der Waals surface area (Å²) in [6.45, 7) is 2.75. The molecule has 2 aromatic rings. The molecule has 1 aliphatic rings. The third-order valence-corrected chi connectivity index (χ3v) is 4.52. The van der Waals surface area contributed by atoms with Crippen LogP contribution in [0.25, 0.3) is 0 Å². The highest BCUT2D eigenvalue weighted by Crippen LogP contribution is 2.31. The van der Waals surface area contributed by atoms with Crippen LogP contribution >= 0.6 is 11.3 Å². The highest BCUT2D eigenvalue weighted by molar-refractivity contribution is 7.09. The first-order valence-corrected chi connectivity index (χ1v) is 7.77. The second-order valence-corrected chi connectivity index (χ2v) is 6.25. The molecule has 0 fully saturated rings. The molecule has 20 heavy (non-hydrogen) atoms. The maximum Gasteiger partial charge on any atom is 0.229 e. The van der Waals surface area contributed by atoms with Gasteiger partial charge in [0, 0.05) is 29.6 Å². The van der Waals surface area contributed by atoms with Crippen molar-refractivity contribution in [1.29, 1.82) is 0 Å². The number of rotatable bonds is 4. The van der Waals surface area contributed by atoms with Crippen LogP contribution < -0.4 is 10.6 Å². The minimum absolute atomic E-state index is 0.0722.